The largest absolute Gasteiger partial charge is 0.449 e. The minimum Gasteiger partial charge on any atom is -0.449 e. The maximum atomic E-state index is 12.3. The lowest BCUT2D eigenvalue weighted by Gasteiger charge is -2.26. The summed E-state index contributed by atoms with van der Waals surface area (Å²) in [5.74, 6) is 3.18. The second-order valence-corrected chi connectivity index (χ2v) is 7.20. The highest BCUT2D eigenvalue weighted by molar-refractivity contribution is 5.79. The number of ether oxygens (including phenoxy) is 1. The molecule has 1 amide bonds. The van der Waals surface area contributed by atoms with E-state index in [1.54, 1.807) is 0 Å². The van der Waals surface area contributed by atoms with Gasteiger partial charge in [0.15, 0.2) is 0 Å². The topological polar surface area (TPSA) is 38.3 Å². The zero-order valence-corrected chi connectivity index (χ0v) is 14.8. The molecule has 2 aliphatic carbocycles. The predicted octanol–water partition coefficient (Wildman–Crippen LogP) is 4.72. The molecule has 3 nitrogen and oxygen atoms in total. The molecular formula is C23H23NO2. The fourth-order valence-corrected chi connectivity index (χ4v) is 4.28. The Bertz CT molecular complexity index is 806. The van der Waals surface area contributed by atoms with Gasteiger partial charge in [-0.25, -0.2) is 4.79 Å². The van der Waals surface area contributed by atoms with Gasteiger partial charge in [-0.05, 0) is 41.5 Å². The molecule has 0 aliphatic heterocycles. The molecule has 2 atom stereocenters. The molecule has 4 rings (SSSR count). The van der Waals surface area contributed by atoms with E-state index in [-0.39, 0.29) is 24.0 Å². The maximum Gasteiger partial charge on any atom is 0.407 e. The molecule has 2 aromatic carbocycles. The minimum absolute atomic E-state index is 0.0953. The molecule has 1 saturated carbocycles. The summed E-state index contributed by atoms with van der Waals surface area (Å²) in [4.78, 5) is 12.3. The smallest absolute Gasteiger partial charge is 0.407 e. The van der Waals surface area contributed by atoms with Gasteiger partial charge >= 0.3 is 6.09 Å². The minimum atomic E-state index is -0.338. The zero-order chi connectivity index (χ0) is 17.9. The van der Waals surface area contributed by atoms with Crippen molar-refractivity contribution < 1.29 is 9.53 Å². The lowest BCUT2D eigenvalue weighted by molar-refractivity contribution is 0.135. The van der Waals surface area contributed by atoms with Gasteiger partial charge in [-0.3, -0.25) is 0 Å². The van der Waals surface area contributed by atoms with Gasteiger partial charge in [0.2, 0.25) is 0 Å². The second kappa shape index (κ2) is 7.25. The summed E-state index contributed by atoms with van der Waals surface area (Å²) in [5.41, 5.74) is 4.93. The van der Waals surface area contributed by atoms with Crippen LogP contribution in [0.25, 0.3) is 11.1 Å². The van der Waals surface area contributed by atoms with Crippen LogP contribution in [-0.4, -0.2) is 18.7 Å². The molecule has 132 valence electrons. The lowest BCUT2D eigenvalue weighted by Crippen LogP contribution is -2.39. The Morgan fingerprint density at radius 1 is 1.08 bits per heavy atom. The Hall–Kier alpha value is -2.73. The third kappa shape index (κ3) is 3.20. The summed E-state index contributed by atoms with van der Waals surface area (Å²) in [5, 5.41) is 3.00. The van der Waals surface area contributed by atoms with E-state index in [9.17, 15) is 4.79 Å². The first-order chi connectivity index (χ1) is 12.8. The quantitative estimate of drug-likeness (QED) is 0.818. The van der Waals surface area contributed by atoms with Crippen molar-refractivity contribution in [2.24, 2.45) is 5.92 Å². The summed E-state index contributed by atoms with van der Waals surface area (Å²) in [7, 11) is 0. The highest BCUT2D eigenvalue weighted by atomic mass is 16.5. The molecule has 1 fully saturated rings. The van der Waals surface area contributed by atoms with E-state index in [0.717, 1.165) is 25.7 Å². The van der Waals surface area contributed by atoms with Crippen molar-refractivity contribution >= 4 is 6.09 Å². The van der Waals surface area contributed by atoms with Crippen molar-refractivity contribution in [2.45, 2.75) is 37.6 Å². The van der Waals surface area contributed by atoms with Gasteiger partial charge in [0, 0.05) is 17.9 Å². The first kappa shape index (κ1) is 16.7. The van der Waals surface area contributed by atoms with Crippen molar-refractivity contribution in [1.29, 1.82) is 0 Å². The van der Waals surface area contributed by atoms with Crippen LogP contribution in [0.4, 0.5) is 4.79 Å². The molecule has 0 radical (unpaired) electrons. The predicted molar refractivity (Wildman–Crippen MR) is 103 cm³/mol. The van der Waals surface area contributed by atoms with Crippen LogP contribution in [0.1, 0.15) is 42.7 Å². The molecule has 0 bridgehead atoms. The highest BCUT2D eigenvalue weighted by Crippen LogP contribution is 2.44. The standard InChI is InChI=1S/C23H23NO2/c1-2-16-8-7-9-17(14-16)24-23(25)26-15-22-20-12-5-3-10-18(20)19-11-4-6-13-21(19)22/h1,3-6,10-13,16-17,22H,7-9,14-15H2,(H,24,25)/t16-,17+/m0/s1. The Kier molecular flexibility index (Phi) is 4.67. The molecule has 0 spiro atoms. The van der Waals surface area contributed by atoms with E-state index < -0.39 is 0 Å². The van der Waals surface area contributed by atoms with Gasteiger partial charge in [-0.1, -0.05) is 55.0 Å². The van der Waals surface area contributed by atoms with E-state index in [1.807, 2.05) is 12.1 Å². The molecule has 0 unspecified atom stereocenters. The number of carbonyl (C=O) groups is 1. The van der Waals surface area contributed by atoms with Crippen LogP contribution in [0.15, 0.2) is 48.5 Å². The van der Waals surface area contributed by atoms with Crippen molar-refractivity contribution in [3.63, 3.8) is 0 Å². The number of hydrogen-bond acceptors (Lipinski definition) is 2. The molecule has 2 aliphatic rings. The Morgan fingerprint density at radius 3 is 2.38 bits per heavy atom. The fourth-order valence-electron chi connectivity index (χ4n) is 4.28. The van der Waals surface area contributed by atoms with Crippen molar-refractivity contribution in [3.8, 4) is 23.5 Å². The monoisotopic (exact) mass is 345 g/mol. The van der Waals surface area contributed by atoms with Crippen LogP contribution in [0, 0.1) is 18.3 Å². The average molecular weight is 345 g/mol. The summed E-state index contributed by atoms with van der Waals surface area (Å²) in [6.45, 7) is 0.352. The van der Waals surface area contributed by atoms with Gasteiger partial charge < -0.3 is 10.1 Å². The van der Waals surface area contributed by atoms with Crippen molar-refractivity contribution in [3.05, 3.63) is 59.7 Å². The van der Waals surface area contributed by atoms with E-state index in [4.69, 9.17) is 11.2 Å². The van der Waals surface area contributed by atoms with Gasteiger partial charge in [0.25, 0.3) is 0 Å². The first-order valence-electron chi connectivity index (χ1n) is 9.34. The maximum absolute atomic E-state index is 12.3. The molecule has 3 heteroatoms. The molecule has 0 aromatic heterocycles. The summed E-state index contributed by atoms with van der Waals surface area (Å²) >= 11 is 0. The van der Waals surface area contributed by atoms with Crippen LogP contribution in [-0.2, 0) is 4.74 Å². The SMILES string of the molecule is C#C[C@H]1CCC[C@@H](NC(=O)OCC2c3ccccc3-c3ccccc32)C1. The molecule has 2 aromatic rings. The number of amides is 1. The summed E-state index contributed by atoms with van der Waals surface area (Å²) in [6, 6.07) is 16.8. The number of carbonyl (C=O) groups excluding carboxylic acids is 1. The number of nitrogens with one attached hydrogen (secondary N) is 1. The number of fused-ring (bicyclic) bond motifs is 3. The van der Waals surface area contributed by atoms with Crippen LogP contribution >= 0.6 is 0 Å². The number of alkyl carbamates (subject to hydrolysis) is 1. The van der Waals surface area contributed by atoms with Crippen LogP contribution in [0.3, 0.4) is 0 Å². The number of benzene rings is 2. The van der Waals surface area contributed by atoms with Gasteiger partial charge in [-0.15, -0.1) is 12.3 Å². The van der Waals surface area contributed by atoms with Crippen molar-refractivity contribution in [2.75, 3.05) is 6.61 Å². The van der Waals surface area contributed by atoms with E-state index in [0.29, 0.717) is 6.61 Å². The number of terminal acetylenes is 1. The fraction of sp³-hybridized carbons (Fsp3) is 0.348. The third-order valence-corrected chi connectivity index (χ3v) is 5.58. The van der Waals surface area contributed by atoms with Crippen LogP contribution < -0.4 is 5.32 Å². The molecule has 26 heavy (non-hydrogen) atoms. The van der Waals surface area contributed by atoms with Crippen LogP contribution in [0.2, 0.25) is 0 Å². The number of hydrogen-bond donors (Lipinski definition) is 1. The zero-order valence-electron chi connectivity index (χ0n) is 14.8. The third-order valence-electron chi connectivity index (χ3n) is 5.58. The Morgan fingerprint density at radius 2 is 1.73 bits per heavy atom. The Balaban J connectivity index is 1.42. The molecule has 1 N–H and O–H groups in total. The van der Waals surface area contributed by atoms with E-state index >= 15 is 0 Å². The van der Waals surface area contributed by atoms with E-state index in [1.165, 1.54) is 22.3 Å². The molecular weight excluding hydrogens is 322 g/mol. The first-order valence-corrected chi connectivity index (χ1v) is 9.34. The average Bonchev–Trinajstić information content (AvgIpc) is 3.00. The van der Waals surface area contributed by atoms with Gasteiger partial charge in [-0.2, -0.15) is 0 Å². The number of rotatable bonds is 3. The van der Waals surface area contributed by atoms with Gasteiger partial charge in [0.05, 0.1) is 0 Å². The summed E-state index contributed by atoms with van der Waals surface area (Å²) < 4.78 is 5.61. The summed E-state index contributed by atoms with van der Waals surface area (Å²) in [6.07, 6.45) is 9.13. The molecule has 0 heterocycles. The Labute approximate surface area is 154 Å². The second-order valence-electron chi connectivity index (χ2n) is 7.20. The van der Waals surface area contributed by atoms with Crippen LogP contribution in [0.5, 0.6) is 0 Å². The highest BCUT2D eigenvalue weighted by Gasteiger charge is 2.29. The lowest BCUT2D eigenvalue weighted by atomic mass is 9.86. The molecule has 0 saturated heterocycles. The van der Waals surface area contributed by atoms with Gasteiger partial charge in [0.1, 0.15) is 6.61 Å². The van der Waals surface area contributed by atoms with E-state index in [2.05, 4.69) is 47.6 Å². The normalized spacial score (nSPS) is 21.3. The van der Waals surface area contributed by atoms with Crippen molar-refractivity contribution in [1.82, 2.24) is 5.32 Å².